The lowest BCUT2D eigenvalue weighted by atomic mass is 9.83. The number of rotatable bonds is 7. The number of aromatic nitrogens is 1. The average molecular weight is 559 g/mol. The first-order valence-corrected chi connectivity index (χ1v) is 14.3. The molecule has 2 atom stereocenters. The summed E-state index contributed by atoms with van der Waals surface area (Å²) in [5, 5.41) is 9.84. The number of fused-ring (bicyclic) bond motifs is 4. The third kappa shape index (κ3) is 4.97. The molecule has 2 aromatic heterocycles. The Labute approximate surface area is 233 Å². The van der Waals surface area contributed by atoms with Crippen molar-refractivity contribution in [3.8, 4) is 0 Å². The molecule has 8 nitrogen and oxygen atoms in total. The number of quaternary nitrogens is 1. The Balaban J connectivity index is 0.00000294. The highest BCUT2D eigenvalue weighted by Gasteiger charge is 2.51. The van der Waals surface area contributed by atoms with Crippen molar-refractivity contribution in [2.75, 3.05) is 44.6 Å². The zero-order valence-electron chi connectivity index (χ0n) is 21.7. The van der Waals surface area contributed by atoms with Gasteiger partial charge in [-0.1, -0.05) is 29.8 Å². The van der Waals surface area contributed by atoms with Crippen LogP contribution in [0.2, 0.25) is 0 Å². The number of hydrogen-bond acceptors (Lipinski definition) is 7. The number of hydrogen-bond donors (Lipinski definition) is 1. The largest absolute Gasteiger partial charge is 1.00 e. The lowest BCUT2D eigenvalue weighted by molar-refractivity contribution is -0.939. The van der Waals surface area contributed by atoms with Crippen LogP contribution < -0.4 is 17.7 Å². The molecule has 3 aromatic rings. The Bertz CT molecular complexity index is 1270. The maximum absolute atomic E-state index is 13.9. The Morgan fingerprint density at radius 1 is 1.16 bits per heavy atom. The molecule has 1 aromatic carbocycles. The molecule has 6 heterocycles. The second-order valence-corrected chi connectivity index (χ2v) is 12.0. The fraction of sp³-hybridized carbons (Fsp3) is 0.536. The molecule has 10 heteroatoms. The fourth-order valence-electron chi connectivity index (χ4n) is 6.56. The number of thiophene rings is 1. The molecular weight excluding hydrogens is 524 g/mol. The molecule has 2 bridgehead atoms. The Morgan fingerprint density at radius 2 is 1.92 bits per heavy atom. The van der Waals surface area contributed by atoms with E-state index in [1.165, 1.54) is 6.42 Å². The molecule has 1 N–H and O–H groups in total. The number of carbonyl (C=O) groups is 2. The van der Waals surface area contributed by atoms with Crippen molar-refractivity contribution in [1.29, 1.82) is 0 Å². The standard InChI is InChI=1S/C28H34N4O4S.ClH/c1-28(24-10-7-17-37-24,31-13-5-2-6-14-31)27(34)35-23-18-32(15-11-20(23)12-16-32)19-25(33)29-26-21-8-3-4-9-22(21)36-30-26;/h3-4,7-10,17,20,23H,2,5-6,11-16,18-19H2,1H3;1H/t20?,23-,28?,32?;/m0./s1. The molecule has 1 amide bonds. The molecule has 7 rings (SSSR count). The van der Waals surface area contributed by atoms with Gasteiger partial charge in [-0.15, -0.1) is 11.3 Å². The highest BCUT2D eigenvalue weighted by molar-refractivity contribution is 7.10. The summed E-state index contributed by atoms with van der Waals surface area (Å²) in [6.07, 6.45) is 5.20. The average Bonchev–Trinajstić information content (AvgIpc) is 3.60. The van der Waals surface area contributed by atoms with Gasteiger partial charge in [0.1, 0.15) is 6.54 Å². The first-order valence-electron chi connectivity index (χ1n) is 13.5. The predicted octanol–water partition coefficient (Wildman–Crippen LogP) is 1.39. The highest BCUT2D eigenvalue weighted by atomic mass is 35.5. The van der Waals surface area contributed by atoms with Crippen molar-refractivity contribution in [2.24, 2.45) is 5.92 Å². The van der Waals surface area contributed by atoms with Crippen LogP contribution in [-0.2, 0) is 19.9 Å². The van der Waals surface area contributed by atoms with E-state index in [9.17, 15) is 9.59 Å². The van der Waals surface area contributed by atoms with Crippen LogP contribution in [-0.4, -0.2) is 71.8 Å². The van der Waals surface area contributed by atoms with Crippen molar-refractivity contribution < 1.29 is 35.7 Å². The number of benzene rings is 1. The maximum Gasteiger partial charge on any atom is 0.332 e. The van der Waals surface area contributed by atoms with E-state index in [0.29, 0.717) is 34.9 Å². The zero-order valence-corrected chi connectivity index (χ0v) is 23.3. The first kappa shape index (κ1) is 27.1. The predicted molar refractivity (Wildman–Crippen MR) is 142 cm³/mol. The summed E-state index contributed by atoms with van der Waals surface area (Å²) in [5.41, 5.74) is -0.116. The Hall–Kier alpha value is -2.46. The second kappa shape index (κ2) is 11.0. The van der Waals surface area contributed by atoms with Crippen LogP contribution in [0.1, 0.15) is 43.9 Å². The van der Waals surface area contributed by atoms with Crippen LogP contribution in [0.3, 0.4) is 0 Å². The summed E-state index contributed by atoms with van der Waals surface area (Å²) in [7, 11) is 0. The molecule has 4 fully saturated rings. The molecule has 38 heavy (non-hydrogen) atoms. The van der Waals surface area contributed by atoms with Crippen molar-refractivity contribution >= 4 is 40.0 Å². The normalized spacial score (nSPS) is 26.9. The summed E-state index contributed by atoms with van der Waals surface area (Å²) >= 11 is 1.63. The van der Waals surface area contributed by atoms with Gasteiger partial charge in [0.15, 0.2) is 29.6 Å². The topological polar surface area (TPSA) is 84.7 Å². The van der Waals surface area contributed by atoms with Gasteiger partial charge in [0, 0.05) is 23.6 Å². The Kier molecular flexibility index (Phi) is 7.82. The number of amides is 1. The van der Waals surface area contributed by atoms with E-state index in [4.69, 9.17) is 9.26 Å². The highest BCUT2D eigenvalue weighted by Crippen LogP contribution is 2.40. The summed E-state index contributed by atoms with van der Waals surface area (Å²) in [4.78, 5) is 30.4. The van der Waals surface area contributed by atoms with Crippen LogP contribution in [0.15, 0.2) is 46.3 Å². The maximum atomic E-state index is 13.9. The number of nitrogens with zero attached hydrogens (tertiary/aromatic N) is 3. The van der Waals surface area contributed by atoms with Crippen molar-refractivity contribution in [2.45, 2.75) is 50.7 Å². The molecule has 0 spiro atoms. The number of likely N-dealkylation sites (tertiary alicyclic amines) is 1. The third-order valence-electron chi connectivity index (χ3n) is 8.80. The van der Waals surface area contributed by atoms with Crippen LogP contribution in [0, 0.1) is 5.92 Å². The number of ether oxygens (including phenoxy) is 1. The molecule has 4 saturated heterocycles. The number of anilines is 1. The monoisotopic (exact) mass is 558 g/mol. The molecule has 4 aliphatic heterocycles. The van der Waals surface area contributed by atoms with E-state index >= 15 is 0 Å². The summed E-state index contributed by atoms with van der Waals surface area (Å²) in [6, 6.07) is 11.6. The van der Waals surface area contributed by atoms with Gasteiger partial charge in [-0.2, -0.15) is 0 Å². The fourth-order valence-corrected chi connectivity index (χ4v) is 7.47. The van der Waals surface area contributed by atoms with Gasteiger partial charge in [0.2, 0.25) is 0 Å². The van der Waals surface area contributed by atoms with Gasteiger partial charge in [-0.25, -0.2) is 4.79 Å². The molecule has 0 radical (unpaired) electrons. The Morgan fingerprint density at radius 3 is 2.66 bits per heavy atom. The quantitative estimate of drug-likeness (QED) is 0.348. The number of esters is 1. The van der Waals surface area contributed by atoms with Gasteiger partial charge in [0.05, 0.1) is 18.5 Å². The summed E-state index contributed by atoms with van der Waals surface area (Å²) in [6.45, 7) is 6.75. The van der Waals surface area contributed by atoms with E-state index in [1.807, 2.05) is 42.6 Å². The minimum Gasteiger partial charge on any atom is -1.00 e. The van der Waals surface area contributed by atoms with Crippen molar-refractivity contribution in [1.82, 2.24) is 10.1 Å². The molecule has 204 valence electrons. The molecular formula is C28H35ClN4O4S. The van der Waals surface area contributed by atoms with Crippen LogP contribution >= 0.6 is 11.3 Å². The van der Waals surface area contributed by atoms with Crippen LogP contribution in [0.5, 0.6) is 0 Å². The molecule has 0 saturated carbocycles. The number of piperidine rings is 4. The minimum absolute atomic E-state index is 0. The van der Waals surface area contributed by atoms with E-state index in [-0.39, 0.29) is 30.4 Å². The molecule has 4 aliphatic rings. The SMILES string of the molecule is CC(C(=O)O[C@H]1C[N+]2(CC(=O)Nc3noc4ccccc34)CCC1CC2)(c1cccs1)N1CCCCC1.[Cl-]. The lowest BCUT2D eigenvalue weighted by Crippen LogP contribution is -3.00. The second-order valence-electron chi connectivity index (χ2n) is 11.1. The van der Waals surface area contributed by atoms with E-state index in [2.05, 4.69) is 21.4 Å². The van der Waals surface area contributed by atoms with Gasteiger partial charge in [0.25, 0.3) is 5.91 Å². The first-order chi connectivity index (χ1) is 18.0. The molecule has 1 unspecified atom stereocenters. The van der Waals surface area contributed by atoms with Gasteiger partial charge >= 0.3 is 5.97 Å². The lowest BCUT2D eigenvalue weighted by Gasteiger charge is -2.52. The van der Waals surface area contributed by atoms with Crippen molar-refractivity contribution in [3.63, 3.8) is 0 Å². The van der Waals surface area contributed by atoms with Gasteiger partial charge < -0.3 is 31.5 Å². The minimum atomic E-state index is -0.767. The number of carbonyl (C=O) groups excluding carboxylic acids is 2. The summed E-state index contributed by atoms with van der Waals surface area (Å²) in [5.74, 6) is 0.593. The van der Waals surface area contributed by atoms with E-state index in [0.717, 1.165) is 62.1 Å². The zero-order chi connectivity index (χ0) is 25.5. The smallest absolute Gasteiger partial charge is 0.332 e. The van der Waals surface area contributed by atoms with Crippen LogP contribution in [0.4, 0.5) is 5.82 Å². The third-order valence-corrected chi connectivity index (χ3v) is 9.88. The van der Waals surface area contributed by atoms with Gasteiger partial charge in [-0.05, 0) is 56.4 Å². The van der Waals surface area contributed by atoms with E-state index < -0.39 is 5.54 Å². The summed E-state index contributed by atoms with van der Waals surface area (Å²) < 4.78 is 12.4. The number of para-hydroxylation sites is 1. The number of halogens is 1. The van der Waals surface area contributed by atoms with E-state index in [1.54, 1.807) is 11.3 Å². The number of nitrogens with one attached hydrogen (secondary N) is 1. The van der Waals surface area contributed by atoms with Crippen molar-refractivity contribution in [3.05, 3.63) is 46.7 Å². The molecule has 0 aliphatic carbocycles. The van der Waals surface area contributed by atoms with Crippen LogP contribution in [0.25, 0.3) is 11.0 Å². The van der Waals surface area contributed by atoms with Gasteiger partial charge in [-0.3, -0.25) is 9.69 Å².